The third-order valence-corrected chi connectivity index (χ3v) is 20.4. The van der Waals surface area contributed by atoms with Gasteiger partial charge in [0.25, 0.3) is 0 Å². The van der Waals surface area contributed by atoms with E-state index in [1.165, 1.54) is 61.2 Å². The molecular weight excluding hydrogens is 1430 g/mol. The fraction of sp³-hybridized carbons (Fsp3) is 0.0364. The molecule has 0 bridgehead atoms. The van der Waals surface area contributed by atoms with Crippen molar-refractivity contribution in [3.8, 4) is 169 Å². The smallest absolute Gasteiger partial charge is 0.160 e. The molecule has 0 aliphatic rings. The number of benzene rings is 15. The zero-order valence-electron chi connectivity index (χ0n) is 66.1. The lowest BCUT2D eigenvalue weighted by atomic mass is 10.0. The predicted octanol–water partition coefficient (Wildman–Crippen LogP) is 28.1. The first-order valence-electron chi connectivity index (χ1n) is 39.7. The van der Waals surface area contributed by atoms with Crippen LogP contribution >= 0.6 is 0 Å². The maximum atomic E-state index is 4.95. The molecule has 0 N–H and O–H groups in total. The van der Waals surface area contributed by atoms with E-state index in [1.807, 2.05) is 110 Å². The van der Waals surface area contributed by atoms with Crippen LogP contribution in [-0.2, 0) is 0 Å². The van der Waals surface area contributed by atoms with E-state index in [2.05, 4.69) is 359 Å². The molecule has 0 saturated carbocycles. The Morgan fingerprint density at radius 3 is 0.669 bits per heavy atom. The third kappa shape index (κ3) is 19.3. The summed E-state index contributed by atoms with van der Waals surface area (Å²) < 4.78 is 0. The Morgan fingerprint density at radius 1 is 0.136 bits per heavy atom. The Morgan fingerprint density at radius 2 is 0.356 bits per heavy atom. The fourth-order valence-corrected chi connectivity index (χ4v) is 14.0. The van der Waals surface area contributed by atoms with Crippen molar-refractivity contribution < 1.29 is 0 Å². The molecule has 0 saturated heterocycles. The summed E-state index contributed by atoms with van der Waals surface area (Å²) in [6, 6.07) is 150. The predicted molar refractivity (Wildman–Crippen MR) is 489 cm³/mol. The Balaban J connectivity index is 0.000000118. The molecule has 15 aromatic carbocycles. The van der Waals surface area contributed by atoms with Crippen LogP contribution in [0, 0.1) is 27.7 Å². The molecule has 4 heterocycles. The van der Waals surface area contributed by atoms with Crippen molar-refractivity contribution in [1.29, 1.82) is 0 Å². The van der Waals surface area contributed by atoms with Crippen molar-refractivity contribution in [2.75, 3.05) is 0 Å². The summed E-state index contributed by atoms with van der Waals surface area (Å²) in [6.45, 7) is 8.33. The van der Waals surface area contributed by atoms with Gasteiger partial charge in [-0.2, -0.15) is 0 Å². The summed E-state index contributed by atoms with van der Waals surface area (Å²) in [5.41, 5.74) is 32.4. The average molecular weight is 1520 g/mol. The van der Waals surface area contributed by atoms with Gasteiger partial charge in [0.2, 0.25) is 0 Å². The molecule has 8 heteroatoms. The molecule has 0 radical (unpaired) electrons. The summed E-state index contributed by atoms with van der Waals surface area (Å²) in [7, 11) is 0. The van der Waals surface area contributed by atoms with Crippen LogP contribution in [0.5, 0.6) is 0 Å². The summed E-state index contributed by atoms with van der Waals surface area (Å²) >= 11 is 0. The zero-order chi connectivity index (χ0) is 80.2. The summed E-state index contributed by atoms with van der Waals surface area (Å²) in [5, 5.41) is 0. The molecule has 0 fully saturated rings. The number of hydrogen-bond donors (Lipinski definition) is 0. The van der Waals surface area contributed by atoms with E-state index in [0.717, 1.165) is 130 Å². The van der Waals surface area contributed by atoms with E-state index in [9.17, 15) is 0 Å². The second-order valence-corrected chi connectivity index (χ2v) is 28.9. The molecule has 118 heavy (non-hydrogen) atoms. The van der Waals surface area contributed by atoms with Gasteiger partial charge in [-0.15, -0.1) is 0 Å². The minimum absolute atomic E-state index is 0.733. The quantitative estimate of drug-likeness (QED) is 0.1000. The highest BCUT2D eigenvalue weighted by atomic mass is 14.9. The van der Waals surface area contributed by atoms with E-state index in [4.69, 9.17) is 34.9 Å². The Labute approximate surface area is 691 Å². The lowest BCUT2D eigenvalue weighted by molar-refractivity contribution is 1.12. The molecule has 0 aliphatic heterocycles. The highest BCUT2D eigenvalue weighted by molar-refractivity contribution is 5.79. The fourth-order valence-electron chi connectivity index (χ4n) is 14.0. The first-order chi connectivity index (χ1) is 58.1. The SMILES string of the molecule is Cc1cc(-c2ccccc2)nc(-c2ccc(-c3ccccc3)cc2)n1.Cc1ccc(-c2cc(-c3ccccc3)nc(-c3ccc(-c4ccccc4)cc3)n2)cc1.Cc1cccc(-c2cc(-c3ccccc3)nc(-c3ccc(-c4ccccc4)cc3)n2)c1.Cc1ccccc1-c1cc(-c2ccccc2)nc(-c2ccc(-c3ccccc3)cc2)n1. The topological polar surface area (TPSA) is 103 Å². The van der Waals surface area contributed by atoms with Gasteiger partial charge in [-0.05, 0) is 108 Å². The third-order valence-electron chi connectivity index (χ3n) is 20.4. The highest BCUT2D eigenvalue weighted by Crippen LogP contribution is 2.35. The second kappa shape index (κ2) is 37.1. The highest BCUT2D eigenvalue weighted by Gasteiger charge is 2.17. The lowest BCUT2D eigenvalue weighted by Crippen LogP contribution is -1.96. The van der Waals surface area contributed by atoms with Crippen LogP contribution in [0.15, 0.2) is 437 Å². The maximum Gasteiger partial charge on any atom is 0.160 e. The molecule has 0 atom stereocenters. The van der Waals surface area contributed by atoms with E-state index < -0.39 is 0 Å². The molecule has 0 unspecified atom stereocenters. The van der Waals surface area contributed by atoms with Gasteiger partial charge in [0, 0.05) is 66.9 Å². The number of aromatic nitrogens is 8. The van der Waals surface area contributed by atoms with Crippen LogP contribution in [0.3, 0.4) is 0 Å². The monoisotopic (exact) mass is 1520 g/mol. The minimum Gasteiger partial charge on any atom is -0.233 e. The Hall–Kier alpha value is -15.4. The Bertz CT molecular complexity index is 6480. The number of rotatable bonds is 15. The van der Waals surface area contributed by atoms with Crippen LogP contribution in [-0.4, -0.2) is 39.9 Å². The van der Waals surface area contributed by atoms with Crippen LogP contribution in [0.25, 0.3) is 169 Å². The molecular formula is C110H84N8. The molecule has 8 nitrogen and oxygen atoms in total. The first-order valence-corrected chi connectivity index (χ1v) is 39.7. The van der Waals surface area contributed by atoms with E-state index in [0.29, 0.717) is 0 Å². The van der Waals surface area contributed by atoms with Gasteiger partial charge >= 0.3 is 0 Å². The van der Waals surface area contributed by atoms with Crippen LogP contribution in [0.4, 0.5) is 0 Å². The van der Waals surface area contributed by atoms with E-state index >= 15 is 0 Å². The molecule has 4 aromatic heterocycles. The maximum absolute atomic E-state index is 4.95. The minimum atomic E-state index is 0.733. The largest absolute Gasteiger partial charge is 0.233 e. The second-order valence-electron chi connectivity index (χ2n) is 28.9. The summed E-state index contributed by atoms with van der Waals surface area (Å²) in [5.74, 6) is 2.96. The number of aryl methyl sites for hydroxylation is 4. The summed E-state index contributed by atoms with van der Waals surface area (Å²) in [6.07, 6.45) is 0. The van der Waals surface area contributed by atoms with Crippen molar-refractivity contribution in [1.82, 2.24) is 39.9 Å². The molecule has 0 amide bonds. The standard InChI is InChI=1S/3C29H22N2.C23H18N2/c1-21-10-8-9-15-26(21)28-20-27(24-13-6-3-7-14-24)30-29(31-28)25-18-16-23(17-19-25)22-11-4-2-5-12-22;1-21-9-8-14-26(19-21)28-20-27(24-12-6-3-7-13-24)30-29(31-28)25-17-15-23(16-18-25)22-10-4-2-5-11-22;1-21-12-14-25(15-13-21)28-20-27(24-10-6-3-7-11-24)30-29(31-28)26-18-16-23(17-19-26)22-8-4-2-5-9-22;1-17-16-22(20-10-6-3-7-11-20)25-23(24-17)21-14-12-19(13-15-21)18-8-4-2-5-9-18/h3*2-20H,1H3;2-16H,1H3. The van der Waals surface area contributed by atoms with E-state index in [1.54, 1.807) is 0 Å². The number of nitrogens with zero attached hydrogens (tertiary/aromatic N) is 8. The van der Waals surface area contributed by atoms with E-state index in [-0.39, 0.29) is 0 Å². The van der Waals surface area contributed by atoms with Crippen molar-refractivity contribution in [3.63, 3.8) is 0 Å². The average Bonchev–Trinajstić information content (AvgIpc) is 0.801. The zero-order valence-corrected chi connectivity index (χ0v) is 66.1. The van der Waals surface area contributed by atoms with Gasteiger partial charge in [0.1, 0.15) is 0 Å². The van der Waals surface area contributed by atoms with Gasteiger partial charge < -0.3 is 0 Å². The van der Waals surface area contributed by atoms with Gasteiger partial charge in [0.05, 0.1) is 39.9 Å². The van der Waals surface area contributed by atoms with Crippen molar-refractivity contribution in [2.45, 2.75) is 27.7 Å². The molecule has 19 rings (SSSR count). The first kappa shape index (κ1) is 76.6. The molecule has 0 aliphatic carbocycles. The normalized spacial score (nSPS) is 10.7. The molecule has 19 aromatic rings. The lowest BCUT2D eigenvalue weighted by Gasteiger charge is -2.11. The van der Waals surface area contributed by atoms with Crippen LogP contribution in [0.1, 0.15) is 22.4 Å². The van der Waals surface area contributed by atoms with Crippen LogP contribution < -0.4 is 0 Å². The van der Waals surface area contributed by atoms with Gasteiger partial charge in [-0.3, -0.25) is 0 Å². The van der Waals surface area contributed by atoms with Crippen molar-refractivity contribution >= 4 is 0 Å². The van der Waals surface area contributed by atoms with Gasteiger partial charge in [-0.25, -0.2) is 39.9 Å². The van der Waals surface area contributed by atoms with Crippen molar-refractivity contribution in [3.05, 3.63) is 459 Å². The van der Waals surface area contributed by atoms with Crippen LogP contribution in [0.2, 0.25) is 0 Å². The summed E-state index contributed by atoms with van der Waals surface area (Å²) in [4.78, 5) is 38.9. The molecule has 0 spiro atoms. The van der Waals surface area contributed by atoms with Crippen molar-refractivity contribution in [2.24, 2.45) is 0 Å². The van der Waals surface area contributed by atoms with Gasteiger partial charge in [0.15, 0.2) is 23.3 Å². The molecule has 564 valence electrons. The number of hydrogen-bond acceptors (Lipinski definition) is 8. The Kier molecular flexibility index (Phi) is 24.1. The van der Waals surface area contributed by atoms with Gasteiger partial charge in [-0.1, -0.05) is 418 Å².